The molecular weight excluding hydrogens is 314 g/mol. The molecule has 4 saturated carbocycles. The van der Waals surface area contributed by atoms with Crippen LogP contribution < -0.4 is 0 Å². The average Bonchev–Trinajstić information content (AvgIpc) is 3.21. The highest BCUT2D eigenvalue weighted by Gasteiger charge is 2.54. The highest BCUT2D eigenvalue weighted by atomic mass is 16.5. The van der Waals surface area contributed by atoms with Crippen molar-refractivity contribution in [2.75, 3.05) is 0 Å². The van der Waals surface area contributed by atoms with Gasteiger partial charge in [0.05, 0.1) is 10.9 Å². The molecule has 4 bridgehead atoms. The lowest BCUT2D eigenvalue weighted by Crippen LogP contribution is -2.48. The minimum Gasteiger partial charge on any atom is -0.338 e. The van der Waals surface area contributed by atoms with Crippen LogP contribution in [-0.4, -0.2) is 25.1 Å². The summed E-state index contributed by atoms with van der Waals surface area (Å²) in [4.78, 5) is 4.85. The molecule has 6 heteroatoms. The lowest BCUT2D eigenvalue weighted by molar-refractivity contribution is -0.0201. The van der Waals surface area contributed by atoms with E-state index in [0.717, 1.165) is 40.2 Å². The predicted octanol–water partition coefficient (Wildman–Crippen LogP) is 3.49. The first-order chi connectivity index (χ1) is 12.2. The molecule has 25 heavy (non-hydrogen) atoms. The number of nitrogens with zero attached hydrogens (tertiary/aromatic N) is 5. The average molecular weight is 335 g/mol. The third-order valence-corrected chi connectivity index (χ3v) is 6.79. The summed E-state index contributed by atoms with van der Waals surface area (Å²) in [5.41, 5.74) is 2.97. The molecule has 2 heterocycles. The first kappa shape index (κ1) is 14.0. The molecule has 7 rings (SSSR count). The smallest absolute Gasteiger partial charge is 0.233 e. The lowest BCUT2D eigenvalue weighted by Gasteiger charge is -2.55. The standard InChI is InChI=1S/C19H21N5O/c1-24-16-3-2-14(7-15(16)21-23-24)17-20-18(25-22-17)19-8-11-4-12(9-19)6-13(5-11)10-19/h2-3,7,11-13H,4-6,8-10H2,1H3. The summed E-state index contributed by atoms with van der Waals surface area (Å²) < 4.78 is 7.59. The van der Waals surface area contributed by atoms with E-state index in [1.807, 2.05) is 25.2 Å². The second-order valence-electron chi connectivity index (χ2n) is 8.54. The molecule has 6 nitrogen and oxygen atoms in total. The van der Waals surface area contributed by atoms with Crippen LogP contribution in [0.25, 0.3) is 22.4 Å². The van der Waals surface area contributed by atoms with Crippen LogP contribution in [0.4, 0.5) is 0 Å². The lowest BCUT2D eigenvalue weighted by atomic mass is 9.49. The molecule has 0 amide bonds. The van der Waals surface area contributed by atoms with Gasteiger partial charge in [-0.2, -0.15) is 4.98 Å². The Balaban J connectivity index is 1.39. The summed E-state index contributed by atoms with van der Waals surface area (Å²) in [6.07, 6.45) is 7.98. The van der Waals surface area contributed by atoms with Crippen LogP contribution in [0, 0.1) is 17.8 Å². The highest BCUT2D eigenvalue weighted by molar-refractivity contribution is 5.79. The second-order valence-corrected chi connectivity index (χ2v) is 8.54. The number of aromatic nitrogens is 5. The van der Waals surface area contributed by atoms with Gasteiger partial charge >= 0.3 is 0 Å². The molecule has 0 atom stereocenters. The summed E-state index contributed by atoms with van der Waals surface area (Å²) >= 11 is 0. The van der Waals surface area contributed by atoms with Gasteiger partial charge in [0.25, 0.3) is 0 Å². The van der Waals surface area contributed by atoms with Crippen molar-refractivity contribution in [1.29, 1.82) is 0 Å². The molecule has 128 valence electrons. The molecule has 1 aromatic carbocycles. The van der Waals surface area contributed by atoms with Gasteiger partial charge in [-0.3, -0.25) is 0 Å². The summed E-state index contributed by atoms with van der Waals surface area (Å²) in [5, 5.41) is 12.6. The van der Waals surface area contributed by atoms with E-state index in [4.69, 9.17) is 9.51 Å². The zero-order chi connectivity index (χ0) is 16.6. The maximum atomic E-state index is 5.82. The van der Waals surface area contributed by atoms with Crippen LogP contribution in [0.3, 0.4) is 0 Å². The molecule has 0 spiro atoms. The molecule has 4 aliphatic rings. The topological polar surface area (TPSA) is 69.6 Å². The fourth-order valence-electron chi connectivity index (χ4n) is 6.11. The Morgan fingerprint density at radius 2 is 1.80 bits per heavy atom. The van der Waals surface area contributed by atoms with Crippen molar-refractivity contribution in [3.63, 3.8) is 0 Å². The Labute approximate surface area is 145 Å². The maximum Gasteiger partial charge on any atom is 0.233 e. The van der Waals surface area contributed by atoms with E-state index in [-0.39, 0.29) is 5.41 Å². The Morgan fingerprint density at radius 3 is 2.52 bits per heavy atom. The third-order valence-electron chi connectivity index (χ3n) is 6.79. The number of hydrogen-bond donors (Lipinski definition) is 0. The summed E-state index contributed by atoms with van der Waals surface area (Å²) in [7, 11) is 1.90. The number of aryl methyl sites for hydroxylation is 1. The molecule has 2 aromatic heterocycles. The fraction of sp³-hybridized carbons (Fsp3) is 0.579. The Hall–Kier alpha value is -2.24. The first-order valence-corrected chi connectivity index (χ1v) is 9.32. The predicted molar refractivity (Wildman–Crippen MR) is 91.7 cm³/mol. The van der Waals surface area contributed by atoms with Gasteiger partial charge in [0, 0.05) is 12.6 Å². The van der Waals surface area contributed by atoms with Crippen molar-refractivity contribution in [3.8, 4) is 11.4 Å². The van der Waals surface area contributed by atoms with Crippen molar-refractivity contribution in [1.82, 2.24) is 25.1 Å². The van der Waals surface area contributed by atoms with Crippen LogP contribution in [0.5, 0.6) is 0 Å². The first-order valence-electron chi connectivity index (χ1n) is 9.32. The van der Waals surface area contributed by atoms with E-state index in [0.29, 0.717) is 5.82 Å². The van der Waals surface area contributed by atoms with Gasteiger partial charge in [-0.15, -0.1) is 5.10 Å². The number of fused-ring (bicyclic) bond motifs is 1. The van der Waals surface area contributed by atoms with E-state index >= 15 is 0 Å². The minimum atomic E-state index is 0.149. The van der Waals surface area contributed by atoms with Crippen molar-refractivity contribution in [3.05, 3.63) is 24.1 Å². The summed E-state index contributed by atoms with van der Waals surface area (Å²) in [6, 6.07) is 6.04. The minimum absolute atomic E-state index is 0.149. The Kier molecular flexibility index (Phi) is 2.62. The van der Waals surface area contributed by atoms with Crippen LogP contribution in [-0.2, 0) is 12.5 Å². The zero-order valence-corrected chi connectivity index (χ0v) is 14.4. The quantitative estimate of drug-likeness (QED) is 0.717. The molecule has 0 N–H and O–H groups in total. The van der Waals surface area contributed by atoms with Crippen LogP contribution in [0.2, 0.25) is 0 Å². The normalized spacial score (nSPS) is 33.4. The van der Waals surface area contributed by atoms with E-state index in [9.17, 15) is 0 Å². The Bertz CT molecular complexity index is 936. The third kappa shape index (κ3) is 1.96. The molecule has 4 fully saturated rings. The van der Waals surface area contributed by atoms with Crippen molar-refractivity contribution in [2.45, 2.75) is 43.9 Å². The van der Waals surface area contributed by atoms with Gasteiger partial charge in [0.1, 0.15) is 5.52 Å². The number of hydrogen-bond acceptors (Lipinski definition) is 5. The van der Waals surface area contributed by atoms with Gasteiger partial charge < -0.3 is 4.52 Å². The van der Waals surface area contributed by atoms with E-state index in [1.54, 1.807) is 4.68 Å². The van der Waals surface area contributed by atoms with E-state index < -0.39 is 0 Å². The van der Waals surface area contributed by atoms with Crippen LogP contribution in [0.1, 0.15) is 44.4 Å². The summed E-state index contributed by atoms with van der Waals surface area (Å²) in [5.74, 6) is 4.17. The highest BCUT2D eigenvalue weighted by Crippen LogP contribution is 2.60. The number of rotatable bonds is 2. The fourth-order valence-corrected chi connectivity index (χ4v) is 6.11. The second kappa shape index (κ2) is 4.68. The Morgan fingerprint density at radius 1 is 1.08 bits per heavy atom. The van der Waals surface area contributed by atoms with Gasteiger partial charge in [0.15, 0.2) is 0 Å². The molecule has 0 radical (unpaired) electrons. The van der Waals surface area contributed by atoms with Gasteiger partial charge in [-0.1, -0.05) is 10.4 Å². The summed E-state index contributed by atoms with van der Waals surface area (Å²) in [6.45, 7) is 0. The van der Waals surface area contributed by atoms with Crippen LogP contribution in [0.15, 0.2) is 22.7 Å². The van der Waals surface area contributed by atoms with Crippen molar-refractivity contribution in [2.24, 2.45) is 24.8 Å². The molecule has 3 aromatic rings. The van der Waals surface area contributed by atoms with Gasteiger partial charge in [-0.25, -0.2) is 4.68 Å². The van der Waals surface area contributed by atoms with Crippen molar-refractivity contribution >= 4 is 11.0 Å². The van der Waals surface area contributed by atoms with Gasteiger partial charge in [-0.05, 0) is 74.5 Å². The van der Waals surface area contributed by atoms with Crippen LogP contribution >= 0.6 is 0 Å². The number of benzene rings is 1. The van der Waals surface area contributed by atoms with Crippen molar-refractivity contribution < 1.29 is 4.52 Å². The molecular formula is C19H21N5O. The molecule has 0 aliphatic heterocycles. The molecule has 0 saturated heterocycles. The van der Waals surface area contributed by atoms with E-state index in [1.165, 1.54) is 38.5 Å². The SMILES string of the molecule is Cn1nnc2cc(-c3noc(C45CC6CC(CC(C6)C4)C5)n3)ccc21. The zero-order valence-electron chi connectivity index (χ0n) is 14.4. The monoisotopic (exact) mass is 335 g/mol. The maximum absolute atomic E-state index is 5.82. The molecule has 4 aliphatic carbocycles. The van der Waals surface area contributed by atoms with E-state index in [2.05, 4.69) is 15.5 Å². The largest absolute Gasteiger partial charge is 0.338 e. The van der Waals surface area contributed by atoms with Gasteiger partial charge in [0.2, 0.25) is 11.7 Å². The molecule has 0 unspecified atom stereocenters.